The van der Waals surface area contributed by atoms with Gasteiger partial charge in [-0.3, -0.25) is 76.7 Å². The summed E-state index contributed by atoms with van der Waals surface area (Å²) in [6, 6.07) is 21.3. The molecule has 0 saturated carbocycles. The summed E-state index contributed by atoms with van der Waals surface area (Å²) >= 11 is 3.79. The maximum Gasteiger partial charge on any atom is 0.413 e. The van der Waals surface area contributed by atoms with Crippen LogP contribution in [-0.4, -0.2) is 208 Å². The fourth-order valence-corrected chi connectivity index (χ4v) is 17.9. The van der Waals surface area contributed by atoms with Crippen molar-refractivity contribution in [2.45, 2.75) is 238 Å². The van der Waals surface area contributed by atoms with E-state index >= 15 is 24.0 Å². The molecule has 0 unspecified atom stereocenters. The zero-order valence-electron chi connectivity index (χ0n) is 78.7. The Balaban J connectivity index is 1.27. The molecule has 718 valence electrons. The van der Waals surface area contributed by atoms with E-state index in [-0.39, 0.29) is 119 Å². The number of benzene rings is 4. The second-order valence-electron chi connectivity index (χ2n) is 36.2. The number of fused-ring (bicyclic) bond motifs is 4. The number of ketones is 6. The summed E-state index contributed by atoms with van der Waals surface area (Å²) in [6.45, 7) is 23.5. The van der Waals surface area contributed by atoms with Crippen LogP contribution in [0.15, 0.2) is 129 Å². The number of allylic oxidation sites excluding steroid dienone is 2. The summed E-state index contributed by atoms with van der Waals surface area (Å²) in [6.07, 6.45) is 5.02. The van der Waals surface area contributed by atoms with Gasteiger partial charge in [0.1, 0.15) is 23.6 Å². The van der Waals surface area contributed by atoms with E-state index < -0.39 is 229 Å². The maximum absolute atomic E-state index is 15.3. The lowest BCUT2D eigenvalue weighted by atomic mass is 9.88. The number of hydrogen-bond acceptors (Lipinski definition) is 23. The number of halogens is 1. The average molecular weight is 1880 g/mol. The van der Waals surface area contributed by atoms with Crippen LogP contribution in [0.25, 0.3) is 22.0 Å². The Bertz CT molecular complexity index is 4810. The highest BCUT2D eigenvalue weighted by atomic mass is 32.2. The Morgan fingerprint density at radius 3 is 1.52 bits per heavy atom. The molecule has 1 aromatic heterocycles. The van der Waals surface area contributed by atoms with E-state index in [1.165, 1.54) is 73.8 Å². The van der Waals surface area contributed by atoms with Gasteiger partial charge in [0.25, 0.3) is 0 Å². The maximum atomic E-state index is 15.3. The summed E-state index contributed by atoms with van der Waals surface area (Å²) in [4.78, 5) is 230. The molecule has 5 aromatic rings. The van der Waals surface area contributed by atoms with Gasteiger partial charge in [0.15, 0.2) is 34.7 Å². The van der Waals surface area contributed by atoms with Crippen molar-refractivity contribution in [3.05, 3.63) is 157 Å². The molecule has 7 amide bonds. The third kappa shape index (κ3) is 36.2. The van der Waals surface area contributed by atoms with Crippen LogP contribution < -0.4 is 37.2 Å². The molecule has 28 nitrogen and oxygen atoms in total. The number of hydrogen-bond donors (Lipinski definition) is 8. The molecule has 0 bridgehead atoms. The van der Waals surface area contributed by atoms with E-state index in [9.17, 15) is 62.2 Å². The number of amides is 7. The topological polar surface area (TPSA) is 410 Å². The van der Waals surface area contributed by atoms with Crippen molar-refractivity contribution in [3.63, 3.8) is 0 Å². The van der Waals surface area contributed by atoms with Crippen molar-refractivity contribution >= 4 is 147 Å². The molecule has 132 heavy (non-hydrogen) atoms. The first-order valence-electron chi connectivity index (χ1n) is 45.2. The number of para-hydroxylation sites is 1. The van der Waals surface area contributed by atoms with Crippen LogP contribution in [0.1, 0.15) is 200 Å². The minimum atomic E-state index is -1.78. The van der Waals surface area contributed by atoms with Crippen molar-refractivity contribution < 1.29 is 100 Å². The zero-order chi connectivity index (χ0) is 97.7. The predicted octanol–water partition coefficient (Wildman–Crippen LogP) is 11.7. The molecule has 1 aliphatic carbocycles. The van der Waals surface area contributed by atoms with Gasteiger partial charge in [-0.15, -0.1) is 13.2 Å². The molecule has 33 heteroatoms. The highest BCUT2D eigenvalue weighted by Crippen LogP contribution is 2.45. The number of ether oxygens (including phenoxy) is 3. The summed E-state index contributed by atoms with van der Waals surface area (Å²) in [5.41, 5.74) is 3.51. The van der Waals surface area contributed by atoms with E-state index in [4.69, 9.17) is 14.2 Å². The van der Waals surface area contributed by atoms with Gasteiger partial charge in [-0.05, 0) is 182 Å². The number of thioether (sulfide) groups is 3. The predicted molar refractivity (Wildman–Crippen MR) is 514 cm³/mol. The highest BCUT2D eigenvalue weighted by molar-refractivity contribution is 7.99. The third-order valence-electron chi connectivity index (χ3n) is 22.7. The minimum Gasteiger partial charge on any atom is -0.465 e. The summed E-state index contributed by atoms with van der Waals surface area (Å²) in [5, 5.41) is 30.7. The molecule has 4 aromatic carbocycles. The van der Waals surface area contributed by atoms with Crippen molar-refractivity contribution in [2.75, 3.05) is 56.2 Å². The van der Waals surface area contributed by atoms with Crippen LogP contribution in [0.5, 0.6) is 0 Å². The monoisotopic (exact) mass is 1880 g/mol. The number of aromatic nitrogens is 1. The number of Topliss-reactive ketones (excluding diaryl/α,β-unsaturated/α-hetero) is 6. The molecule has 11 atom stereocenters. The Hall–Kier alpha value is -10.4. The van der Waals surface area contributed by atoms with Gasteiger partial charge >= 0.3 is 25.0 Å². The molecular weight excluding hydrogens is 1750 g/mol. The molecule has 8 N–H and O–H groups in total. The van der Waals surface area contributed by atoms with Crippen LogP contribution in [0, 0.1) is 47.2 Å². The Morgan fingerprint density at radius 2 is 0.977 bits per heavy atom. The van der Waals surface area contributed by atoms with E-state index in [0.717, 1.165) is 34.0 Å². The third-order valence-corrected chi connectivity index (χ3v) is 24.9. The standard InChI is InChI=1S/C99H134BFN8O20S3/c1-17-20-28-62(92(120)103-54-70(110)46-65(45-61-36-39-69(101)40-37-61)95(123)108-81(59-132-16)83(111)19-3)48-86(114)79(47-66-55-109(100(12)126)82-35-27-26-30-71(66)82)106-96(124)67(57-130-14)51-87(115)80(53-91(119)129-99(9,10)11)107-94(122)64(38-43-89(117)128-98(6,7)8)50-85(113)78(44-60(4)5)105-93(121)63(29-21-18-2)49-84(112)77(41-42-88(116)102-13)104-97(125)68(58-131-15)52-90(118)127-56-76-74-33-24-22-31-72(74)73-32-23-25-34-75(73)76/h17-18,22-27,30-37,39-40,55,60,62-65,67-68,76-81,126H,1-2,19-21,28-29,38,41-54,56-59H2,3-16H3,(H,102,116)(H,103,120)(H,104,125)(H,105,121)(H,106,124)(H,107,122)(H,108,123)/t62-,63-,64-,65-,67+,68+,77+,78+,79+,80+,81+/m1/s1. The number of nitrogens with zero attached hydrogens (tertiary/aromatic N) is 1. The molecule has 0 aliphatic heterocycles. The highest BCUT2D eigenvalue weighted by Gasteiger charge is 2.40. The van der Waals surface area contributed by atoms with Crippen molar-refractivity contribution in [1.82, 2.24) is 41.7 Å². The van der Waals surface area contributed by atoms with Crippen LogP contribution >= 0.6 is 35.3 Å². The van der Waals surface area contributed by atoms with Crippen LogP contribution in [0.2, 0.25) is 6.82 Å². The summed E-state index contributed by atoms with van der Waals surface area (Å²) in [5.74, 6) is -19.0. The summed E-state index contributed by atoms with van der Waals surface area (Å²) < 4.78 is 32.9. The number of carbonyl (C=O) groups is 16. The molecule has 0 saturated heterocycles. The van der Waals surface area contributed by atoms with Crippen molar-refractivity contribution in [1.29, 1.82) is 0 Å². The molecule has 6 rings (SSSR count). The first-order valence-corrected chi connectivity index (χ1v) is 49.4. The number of carbonyl (C=O) groups excluding carboxylic acids is 16. The lowest BCUT2D eigenvalue weighted by molar-refractivity contribution is -0.156. The first-order chi connectivity index (χ1) is 62.5. The van der Waals surface area contributed by atoms with Crippen molar-refractivity contribution in [3.8, 4) is 11.1 Å². The smallest absolute Gasteiger partial charge is 0.413 e. The fourth-order valence-electron chi connectivity index (χ4n) is 16.0. The number of esters is 3. The van der Waals surface area contributed by atoms with E-state index in [1.807, 2.05) is 48.5 Å². The van der Waals surface area contributed by atoms with E-state index in [0.29, 0.717) is 22.0 Å². The van der Waals surface area contributed by atoms with Crippen molar-refractivity contribution in [2.24, 2.45) is 41.4 Å². The van der Waals surface area contributed by atoms with E-state index in [2.05, 4.69) is 50.4 Å². The summed E-state index contributed by atoms with van der Waals surface area (Å²) in [7, 11) is 0.342. The van der Waals surface area contributed by atoms with Gasteiger partial charge in [0.2, 0.25) is 41.4 Å². The largest absolute Gasteiger partial charge is 0.465 e. The zero-order valence-corrected chi connectivity index (χ0v) is 81.1. The Kier molecular flexibility index (Phi) is 45.7. The molecule has 0 radical (unpaired) electrons. The molecule has 1 heterocycles. The first kappa shape index (κ1) is 110. The molecule has 0 spiro atoms. The van der Waals surface area contributed by atoms with Crippen LogP contribution in [-0.2, 0) is 104 Å². The Labute approximate surface area is 788 Å². The van der Waals surface area contributed by atoms with E-state index in [1.54, 1.807) is 116 Å². The number of nitrogens with one attached hydrogen (secondary N) is 7. The molecule has 1 aliphatic rings. The average Bonchev–Trinajstić information content (AvgIpc) is 1.69. The second-order valence-corrected chi connectivity index (χ2v) is 38.9. The number of rotatable bonds is 60. The van der Waals surface area contributed by atoms with Gasteiger partial charge < -0.3 is 60.9 Å². The fraction of sp³-hybridized carbons (Fsp3) is 0.535. The second kappa shape index (κ2) is 54.7. The van der Waals surface area contributed by atoms with Gasteiger partial charge in [-0.2, -0.15) is 35.3 Å². The van der Waals surface area contributed by atoms with Crippen LogP contribution in [0.4, 0.5) is 4.39 Å². The van der Waals surface area contributed by atoms with Gasteiger partial charge in [0.05, 0.1) is 61.4 Å². The lowest BCUT2D eigenvalue weighted by Gasteiger charge is -2.27. The quantitative estimate of drug-likeness (QED) is 0.00775. The normalized spacial score (nSPS) is 14.4. The minimum absolute atomic E-state index is 0.00982. The van der Waals surface area contributed by atoms with Gasteiger partial charge in [-0.1, -0.05) is 112 Å². The van der Waals surface area contributed by atoms with Gasteiger partial charge in [0, 0.05) is 123 Å². The lowest BCUT2D eigenvalue weighted by Crippen LogP contribution is -2.50. The van der Waals surface area contributed by atoms with Crippen LogP contribution in [0.3, 0.4) is 0 Å². The Morgan fingerprint density at radius 1 is 0.508 bits per heavy atom. The van der Waals surface area contributed by atoms with Gasteiger partial charge in [-0.25, -0.2) is 4.39 Å². The molecule has 0 fully saturated rings. The SMILES string of the molecule is C=CCC[C@H](CC(=O)[C@H](Cc1cn(B(C)O)c2ccccc12)NC(=O)[C@H](CSC)CC(=O)[C@H](CC(=O)OC(C)(C)C)NC(=O)[C@H](CCC(=O)OC(C)(C)C)CC(=O)[C@H](CC(C)C)NC(=O)[C@H](CCC=C)CC(=O)[C@H](CCC(=O)NC)NC(=O)[C@H](CSC)CC(=O)OCC1c2ccccc2-c2ccccc21)C(=O)NCC(=O)C[C@@H](Cc1ccc(F)cc1)C(=O)N[C@@H](CSC)C(=O)CC. The molecular formula is C99H134BFN8O20S3.